The van der Waals surface area contributed by atoms with Gasteiger partial charge in [-0.25, -0.2) is 0 Å². The Balaban J connectivity index is 1.60. The fourth-order valence-corrected chi connectivity index (χ4v) is 6.60. The lowest BCUT2D eigenvalue weighted by Crippen LogP contribution is -2.52. The van der Waals surface area contributed by atoms with Gasteiger partial charge in [-0.2, -0.15) is 0 Å². The predicted molar refractivity (Wildman–Crippen MR) is 161 cm³/mol. The van der Waals surface area contributed by atoms with E-state index in [0.29, 0.717) is 0 Å². The Hall–Kier alpha value is -4.62. The third kappa shape index (κ3) is 3.39. The summed E-state index contributed by atoms with van der Waals surface area (Å²) in [6.07, 6.45) is 0. The molecule has 0 bridgehead atoms. The van der Waals surface area contributed by atoms with Gasteiger partial charge < -0.3 is 0 Å². The van der Waals surface area contributed by atoms with Crippen LogP contribution in [-0.2, 0) is 5.41 Å². The van der Waals surface area contributed by atoms with E-state index in [4.69, 9.17) is 0 Å². The van der Waals surface area contributed by atoms with Gasteiger partial charge in [0.05, 0.1) is 5.41 Å². The lowest BCUT2D eigenvalue weighted by atomic mass is 9.36. The van der Waals surface area contributed by atoms with E-state index in [1.165, 1.54) is 49.8 Å². The molecule has 1 heteroatoms. The van der Waals surface area contributed by atoms with Crippen molar-refractivity contribution < 1.29 is 0 Å². The molecular formula is C37H27B. The summed E-state index contributed by atoms with van der Waals surface area (Å²) in [5, 5.41) is 0. The van der Waals surface area contributed by atoms with Crippen molar-refractivity contribution in [2.75, 3.05) is 0 Å². The van der Waals surface area contributed by atoms with Crippen LogP contribution >= 0.6 is 0 Å². The van der Waals surface area contributed by atoms with Gasteiger partial charge in [0.15, 0.2) is 0 Å². The highest BCUT2D eigenvalue weighted by Crippen LogP contribution is 2.55. The molecule has 0 heterocycles. The van der Waals surface area contributed by atoms with E-state index in [1.807, 2.05) is 0 Å². The summed E-state index contributed by atoms with van der Waals surface area (Å²) in [4.78, 5) is 0. The van der Waals surface area contributed by atoms with Crippen LogP contribution in [0.15, 0.2) is 164 Å². The molecule has 0 spiro atoms. The highest BCUT2D eigenvalue weighted by atomic mass is 14.5. The Morgan fingerprint density at radius 2 is 0.816 bits per heavy atom. The Morgan fingerprint density at radius 1 is 0.368 bits per heavy atom. The molecular weight excluding hydrogens is 455 g/mol. The average Bonchev–Trinajstić information content (AvgIpc) is 3.31. The molecule has 1 aliphatic carbocycles. The lowest BCUT2D eigenvalue weighted by Gasteiger charge is -2.34. The molecule has 1 aliphatic rings. The van der Waals surface area contributed by atoms with Crippen molar-refractivity contribution >= 4 is 23.1 Å². The van der Waals surface area contributed by atoms with E-state index in [1.54, 1.807) is 0 Å². The first-order valence-electron chi connectivity index (χ1n) is 13.3. The van der Waals surface area contributed by atoms with Crippen molar-refractivity contribution in [1.82, 2.24) is 0 Å². The molecule has 0 saturated heterocycles. The van der Waals surface area contributed by atoms with E-state index >= 15 is 0 Å². The van der Waals surface area contributed by atoms with Gasteiger partial charge in [0.1, 0.15) is 0 Å². The first-order chi connectivity index (χ1) is 18.9. The van der Waals surface area contributed by atoms with Gasteiger partial charge >= 0.3 is 0 Å². The maximum atomic E-state index is 2.35. The fourth-order valence-electron chi connectivity index (χ4n) is 6.60. The number of rotatable bonds is 5. The summed E-state index contributed by atoms with van der Waals surface area (Å²) >= 11 is 0. The van der Waals surface area contributed by atoms with Crippen molar-refractivity contribution in [1.29, 1.82) is 0 Å². The van der Waals surface area contributed by atoms with Gasteiger partial charge in [0.2, 0.25) is 6.71 Å². The largest absolute Gasteiger partial charge is 0.242 e. The predicted octanol–water partition coefficient (Wildman–Crippen LogP) is 6.57. The SMILES string of the molecule is c1ccc(B(c2ccccc2)c2cccc3c2-c2ccccc2C3(c2ccccc2)c2ccccc2)cc1. The molecule has 38 heavy (non-hydrogen) atoms. The van der Waals surface area contributed by atoms with Crippen molar-refractivity contribution in [3.63, 3.8) is 0 Å². The van der Waals surface area contributed by atoms with Crippen molar-refractivity contribution in [2.45, 2.75) is 5.41 Å². The average molecular weight is 482 g/mol. The molecule has 0 N–H and O–H groups in total. The fraction of sp³-hybridized carbons (Fsp3) is 0.0270. The number of hydrogen-bond acceptors (Lipinski definition) is 0. The lowest BCUT2D eigenvalue weighted by molar-refractivity contribution is 0.769. The van der Waals surface area contributed by atoms with E-state index in [-0.39, 0.29) is 12.1 Å². The summed E-state index contributed by atoms with van der Waals surface area (Å²) in [5.41, 5.74) is 11.5. The van der Waals surface area contributed by atoms with E-state index in [2.05, 4.69) is 164 Å². The number of benzene rings is 6. The zero-order chi connectivity index (χ0) is 25.4. The second-order valence-corrected chi connectivity index (χ2v) is 10.1. The van der Waals surface area contributed by atoms with Crippen LogP contribution < -0.4 is 16.4 Å². The summed E-state index contributed by atoms with van der Waals surface area (Å²) in [5.74, 6) is 0. The second kappa shape index (κ2) is 9.36. The van der Waals surface area contributed by atoms with E-state index in [0.717, 1.165) is 0 Å². The first-order valence-corrected chi connectivity index (χ1v) is 13.3. The topological polar surface area (TPSA) is 0 Å². The van der Waals surface area contributed by atoms with Crippen LogP contribution in [0.1, 0.15) is 22.3 Å². The molecule has 0 aliphatic heterocycles. The van der Waals surface area contributed by atoms with Gasteiger partial charge in [0, 0.05) is 0 Å². The highest BCUT2D eigenvalue weighted by molar-refractivity contribution is 6.96. The standard InChI is InChI=1S/C37H27B/c1-5-16-28(17-6-1)37(29-18-7-2-8-19-29)33-25-14-13-24-32(33)36-34(37)26-15-27-35(36)38(30-20-9-3-10-21-30)31-22-11-4-12-23-31/h1-27H. The molecule has 6 aromatic rings. The van der Waals surface area contributed by atoms with Crippen LogP contribution in [0, 0.1) is 0 Å². The van der Waals surface area contributed by atoms with Crippen molar-refractivity contribution in [3.8, 4) is 11.1 Å². The molecule has 0 atom stereocenters. The van der Waals surface area contributed by atoms with Crippen LogP contribution in [0.3, 0.4) is 0 Å². The van der Waals surface area contributed by atoms with Crippen LogP contribution in [0.4, 0.5) is 0 Å². The monoisotopic (exact) mass is 482 g/mol. The summed E-state index contributed by atoms with van der Waals surface area (Å²) in [6, 6.07) is 59.9. The Kier molecular flexibility index (Phi) is 5.56. The smallest absolute Gasteiger partial charge is 0.0686 e. The van der Waals surface area contributed by atoms with Crippen LogP contribution in [0.25, 0.3) is 11.1 Å². The maximum Gasteiger partial charge on any atom is 0.242 e. The molecule has 7 rings (SSSR count). The normalized spacial score (nSPS) is 12.9. The summed E-state index contributed by atoms with van der Waals surface area (Å²) < 4.78 is 0. The third-order valence-electron chi connectivity index (χ3n) is 8.09. The van der Waals surface area contributed by atoms with Crippen LogP contribution in [-0.4, -0.2) is 6.71 Å². The minimum Gasteiger partial charge on any atom is -0.0686 e. The first kappa shape index (κ1) is 22.6. The molecule has 6 aromatic carbocycles. The Morgan fingerprint density at radius 3 is 1.37 bits per heavy atom. The maximum absolute atomic E-state index is 2.35. The van der Waals surface area contributed by atoms with Gasteiger partial charge in [-0.1, -0.05) is 180 Å². The molecule has 0 amide bonds. The summed E-state index contributed by atoms with van der Waals surface area (Å²) in [7, 11) is 0. The number of hydrogen-bond donors (Lipinski definition) is 0. The van der Waals surface area contributed by atoms with Gasteiger partial charge in [-0.05, 0) is 33.4 Å². The molecule has 0 radical (unpaired) electrons. The van der Waals surface area contributed by atoms with Crippen LogP contribution in [0.2, 0.25) is 0 Å². The van der Waals surface area contributed by atoms with Gasteiger partial charge in [0.25, 0.3) is 0 Å². The van der Waals surface area contributed by atoms with Crippen LogP contribution in [0.5, 0.6) is 0 Å². The third-order valence-corrected chi connectivity index (χ3v) is 8.09. The molecule has 178 valence electrons. The van der Waals surface area contributed by atoms with E-state index < -0.39 is 0 Å². The molecule has 0 unspecified atom stereocenters. The quantitative estimate of drug-likeness (QED) is 0.244. The second-order valence-electron chi connectivity index (χ2n) is 10.1. The van der Waals surface area contributed by atoms with Crippen molar-refractivity contribution in [3.05, 3.63) is 186 Å². The zero-order valence-electron chi connectivity index (χ0n) is 21.2. The molecule has 0 nitrogen and oxygen atoms in total. The molecule has 0 fully saturated rings. The Labute approximate surface area is 225 Å². The highest BCUT2D eigenvalue weighted by Gasteiger charge is 2.47. The van der Waals surface area contributed by atoms with E-state index in [9.17, 15) is 0 Å². The van der Waals surface area contributed by atoms with Gasteiger partial charge in [-0.15, -0.1) is 0 Å². The molecule has 0 saturated carbocycles. The Bertz CT molecular complexity index is 1610. The van der Waals surface area contributed by atoms with Gasteiger partial charge in [-0.3, -0.25) is 0 Å². The van der Waals surface area contributed by atoms with Crippen molar-refractivity contribution in [2.24, 2.45) is 0 Å². The zero-order valence-corrected chi connectivity index (χ0v) is 21.2. The number of fused-ring (bicyclic) bond motifs is 3. The minimum absolute atomic E-state index is 0.128. The summed E-state index contributed by atoms with van der Waals surface area (Å²) in [6.45, 7) is 0.128. The molecule has 0 aromatic heterocycles. The minimum atomic E-state index is -0.387.